The maximum absolute atomic E-state index is 13.6. The summed E-state index contributed by atoms with van der Waals surface area (Å²) in [7, 11) is 0. The van der Waals surface area contributed by atoms with Crippen LogP contribution >= 0.6 is 0 Å². The fourth-order valence-electron chi connectivity index (χ4n) is 3.42. The zero-order valence-electron chi connectivity index (χ0n) is 16.4. The zero-order chi connectivity index (χ0) is 22.0. The monoisotopic (exact) mass is 421 g/mol. The molecule has 4 aromatic rings. The second kappa shape index (κ2) is 8.31. The van der Waals surface area contributed by atoms with Crippen molar-refractivity contribution < 1.29 is 13.7 Å². The summed E-state index contributed by atoms with van der Waals surface area (Å²) < 4.78 is 26.8. The van der Waals surface area contributed by atoms with Crippen LogP contribution in [0.3, 0.4) is 0 Å². The van der Waals surface area contributed by atoms with E-state index in [9.17, 15) is 18.9 Å². The number of anilines is 4. The summed E-state index contributed by atoms with van der Waals surface area (Å²) in [5.41, 5.74) is 0.503. The first kappa shape index (κ1) is 20.1. The third kappa shape index (κ3) is 3.85. The van der Waals surface area contributed by atoms with Gasteiger partial charge in [0.25, 0.3) is 0 Å². The fraction of sp³-hybridized carbons (Fsp3) is 0.0909. The number of benzene rings is 3. The van der Waals surface area contributed by atoms with Crippen molar-refractivity contribution in [2.24, 2.45) is 0 Å². The highest BCUT2D eigenvalue weighted by Crippen LogP contribution is 2.39. The topological polar surface area (TPSA) is 84.2 Å². The number of nitrogens with zero attached hydrogens (tertiary/aromatic N) is 4. The summed E-state index contributed by atoms with van der Waals surface area (Å²) in [6.45, 7) is 2.26. The van der Waals surface area contributed by atoms with Crippen LogP contribution in [0.5, 0.6) is 0 Å². The van der Waals surface area contributed by atoms with Crippen molar-refractivity contribution in [1.29, 1.82) is 0 Å². The molecule has 31 heavy (non-hydrogen) atoms. The van der Waals surface area contributed by atoms with Gasteiger partial charge in [0.05, 0.1) is 10.6 Å². The second-order valence-corrected chi connectivity index (χ2v) is 6.65. The van der Waals surface area contributed by atoms with Crippen LogP contribution in [0.25, 0.3) is 10.8 Å². The van der Waals surface area contributed by atoms with Gasteiger partial charge in [0, 0.05) is 23.7 Å². The molecule has 4 rings (SSSR count). The van der Waals surface area contributed by atoms with Crippen molar-refractivity contribution in [1.82, 2.24) is 9.97 Å². The van der Waals surface area contributed by atoms with Crippen LogP contribution in [-0.2, 0) is 0 Å². The van der Waals surface area contributed by atoms with Gasteiger partial charge in [-0.2, -0.15) is 0 Å². The number of fused-ring (bicyclic) bond motifs is 1. The van der Waals surface area contributed by atoms with Gasteiger partial charge in [-0.15, -0.1) is 0 Å². The molecule has 1 heterocycles. The Hall–Kier alpha value is -4.14. The highest BCUT2D eigenvalue weighted by atomic mass is 19.2. The predicted octanol–water partition coefficient (Wildman–Crippen LogP) is 5.72. The molecule has 3 aromatic carbocycles. The normalized spacial score (nSPS) is 10.8. The van der Waals surface area contributed by atoms with Crippen LogP contribution in [0, 0.1) is 21.7 Å². The number of nitro groups is 1. The van der Waals surface area contributed by atoms with Crippen LogP contribution in [-0.4, -0.2) is 21.4 Å². The van der Waals surface area contributed by atoms with Crippen molar-refractivity contribution in [2.75, 3.05) is 16.8 Å². The van der Waals surface area contributed by atoms with E-state index in [0.29, 0.717) is 6.54 Å². The van der Waals surface area contributed by atoms with Gasteiger partial charge < -0.3 is 10.2 Å². The standard InChI is InChI=1S/C22H17F2N5O2/c1-2-28(19-9-5-7-14-6-3-4-8-16(14)19)22-20(29(30)31)21(25-13-26-22)27-15-10-11-17(23)18(24)12-15/h3-13H,2H2,1H3,(H,25,26,27). The smallest absolute Gasteiger partial charge is 0.334 e. The molecule has 0 fully saturated rings. The van der Waals surface area contributed by atoms with E-state index in [1.165, 1.54) is 12.4 Å². The summed E-state index contributed by atoms with van der Waals surface area (Å²) in [5, 5.41) is 16.6. The molecular formula is C22H17F2N5O2. The third-order valence-electron chi connectivity index (χ3n) is 4.80. The molecule has 0 aliphatic rings. The van der Waals surface area contributed by atoms with Gasteiger partial charge in [0.1, 0.15) is 6.33 Å². The van der Waals surface area contributed by atoms with E-state index < -0.39 is 16.6 Å². The molecule has 0 atom stereocenters. The molecule has 0 amide bonds. The minimum Gasteiger partial charge on any atom is -0.334 e. The molecule has 0 saturated heterocycles. The quantitative estimate of drug-likeness (QED) is 0.317. The van der Waals surface area contributed by atoms with E-state index in [1.54, 1.807) is 4.90 Å². The average molecular weight is 421 g/mol. The Kier molecular flexibility index (Phi) is 5.40. The van der Waals surface area contributed by atoms with Crippen LogP contribution in [0.15, 0.2) is 67.0 Å². The van der Waals surface area contributed by atoms with E-state index in [4.69, 9.17) is 0 Å². The second-order valence-electron chi connectivity index (χ2n) is 6.65. The Bertz CT molecular complexity index is 1280. The Balaban J connectivity index is 1.84. The molecule has 0 aliphatic carbocycles. The first-order valence-corrected chi connectivity index (χ1v) is 9.46. The van der Waals surface area contributed by atoms with Crippen molar-refractivity contribution in [3.05, 3.63) is 88.7 Å². The van der Waals surface area contributed by atoms with E-state index >= 15 is 0 Å². The van der Waals surface area contributed by atoms with Crippen molar-refractivity contribution in [3.8, 4) is 0 Å². The van der Waals surface area contributed by atoms with E-state index in [1.807, 2.05) is 49.4 Å². The molecule has 1 aromatic heterocycles. The first-order chi connectivity index (χ1) is 15.0. The van der Waals surface area contributed by atoms with Gasteiger partial charge in [0.15, 0.2) is 11.6 Å². The lowest BCUT2D eigenvalue weighted by atomic mass is 10.1. The minimum absolute atomic E-state index is 0.0870. The Labute approximate surface area is 176 Å². The third-order valence-corrected chi connectivity index (χ3v) is 4.80. The number of halogens is 2. The average Bonchev–Trinajstić information content (AvgIpc) is 2.77. The van der Waals surface area contributed by atoms with Crippen molar-refractivity contribution in [3.63, 3.8) is 0 Å². The van der Waals surface area contributed by atoms with E-state index in [-0.39, 0.29) is 23.0 Å². The summed E-state index contributed by atoms with van der Waals surface area (Å²) in [5.74, 6) is -2.13. The fourth-order valence-corrected chi connectivity index (χ4v) is 3.42. The Morgan fingerprint density at radius 1 is 1.03 bits per heavy atom. The molecule has 7 nitrogen and oxygen atoms in total. The van der Waals surface area contributed by atoms with Crippen molar-refractivity contribution in [2.45, 2.75) is 6.92 Å². The maximum Gasteiger partial charge on any atom is 0.354 e. The van der Waals surface area contributed by atoms with Crippen LogP contribution in [0.2, 0.25) is 0 Å². The number of aromatic nitrogens is 2. The summed E-state index contributed by atoms with van der Waals surface area (Å²) in [4.78, 5) is 21.3. The highest BCUT2D eigenvalue weighted by Gasteiger charge is 2.28. The molecule has 0 bridgehead atoms. The van der Waals surface area contributed by atoms with Gasteiger partial charge >= 0.3 is 5.69 Å². The van der Waals surface area contributed by atoms with E-state index in [0.717, 1.165) is 28.6 Å². The molecule has 1 N–H and O–H groups in total. The summed E-state index contributed by atoms with van der Waals surface area (Å²) in [6.07, 6.45) is 1.19. The van der Waals surface area contributed by atoms with Gasteiger partial charge in [-0.3, -0.25) is 10.1 Å². The van der Waals surface area contributed by atoms with Crippen LogP contribution in [0.4, 0.5) is 37.5 Å². The molecule has 0 aliphatic heterocycles. The Morgan fingerprint density at radius 2 is 1.81 bits per heavy atom. The Morgan fingerprint density at radius 3 is 2.55 bits per heavy atom. The lowest BCUT2D eigenvalue weighted by Crippen LogP contribution is -2.20. The predicted molar refractivity (Wildman–Crippen MR) is 115 cm³/mol. The lowest BCUT2D eigenvalue weighted by Gasteiger charge is -2.24. The minimum atomic E-state index is -1.08. The number of hydrogen-bond acceptors (Lipinski definition) is 6. The van der Waals surface area contributed by atoms with Gasteiger partial charge in [-0.1, -0.05) is 36.4 Å². The zero-order valence-corrected chi connectivity index (χ0v) is 16.4. The van der Waals surface area contributed by atoms with Gasteiger partial charge in [0.2, 0.25) is 11.6 Å². The maximum atomic E-state index is 13.6. The summed E-state index contributed by atoms with van der Waals surface area (Å²) in [6, 6.07) is 16.5. The molecule has 0 saturated carbocycles. The summed E-state index contributed by atoms with van der Waals surface area (Å²) >= 11 is 0. The molecule has 0 unspecified atom stereocenters. The largest absolute Gasteiger partial charge is 0.354 e. The number of nitrogens with one attached hydrogen (secondary N) is 1. The number of rotatable bonds is 6. The highest BCUT2D eigenvalue weighted by molar-refractivity contribution is 5.97. The molecule has 9 heteroatoms. The van der Waals surface area contributed by atoms with Crippen LogP contribution in [0.1, 0.15) is 6.92 Å². The number of hydrogen-bond donors (Lipinski definition) is 1. The van der Waals surface area contributed by atoms with Crippen LogP contribution < -0.4 is 10.2 Å². The van der Waals surface area contributed by atoms with Gasteiger partial charge in [-0.25, -0.2) is 18.7 Å². The molecule has 0 radical (unpaired) electrons. The first-order valence-electron chi connectivity index (χ1n) is 9.46. The SMILES string of the molecule is CCN(c1ncnc(Nc2ccc(F)c(F)c2)c1[N+](=O)[O-])c1cccc2ccccc12. The lowest BCUT2D eigenvalue weighted by molar-refractivity contribution is -0.383. The molecule has 156 valence electrons. The molecule has 0 spiro atoms. The van der Waals surface area contributed by atoms with Gasteiger partial charge in [-0.05, 0) is 30.5 Å². The molecular weight excluding hydrogens is 404 g/mol. The van der Waals surface area contributed by atoms with E-state index in [2.05, 4.69) is 15.3 Å². The van der Waals surface area contributed by atoms with Crippen molar-refractivity contribution >= 4 is 39.5 Å².